The lowest BCUT2D eigenvalue weighted by molar-refractivity contribution is 0.0900. The van der Waals surface area contributed by atoms with Crippen LogP contribution in [-0.2, 0) is 6.42 Å². The Bertz CT molecular complexity index is 1170. The zero-order valence-corrected chi connectivity index (χ0v) is 18.3. The van der Waals surface area contributed by atoms with E-state index in [0.29, 0.717) is 17.7 Å². The molecule has 0 amide bonds. The van der Waals surface area contributed by atoms with Crippen LogP contribution in [0.2, 0.25) is 0 Å². The summed E-state index contributed by atoms with van der Waals surface area (Å²) in [4.78, 5) is 27.4. The standard InChI is InChI=1S/C29H27NO2/c1-22(31)23-11-4-2-5-13-25(17-10-16-23)28(32)21-30-20-19-24-12-8-9-18-27(24)29(30)26-14-6-3-7-15-26/h2-18,29H,19-21H2,1H3. The molecular formula is C29H27NO2. The SMILES string of the molecule is CC(=O)c1cccccc(C(=O)CN2CCc3ccccc3C2c2ccccc2)ccc1. The maximum Gasteiger partial charge on any atom is 0.176 e. The van der Waals surface area contributed by atoms with Crippen molar-refractivity contribution in [1.29, 1.82) is 0 Å². The van der Waals surface area contributed by atoms with Gasteiger partial charge in [-0.3, -0.25) is 14.5 Å². The van der Waals surface area contributed by atoms with E-state index in [9.17, 15) is 9.59 Å². The minimum atomic E-state index is -0.00517. The minimum Gasteiger partial charge on any atom is -0.295 e. The van der Waals surface area contributed by atoms with Crippen molar-refractivity contribution in [2.75, 3.05) is 13.1 Å². The highest BCUT2D eigenvalue weighted by atomic mass is 16.1. The van der Waals surface area contributed by atoms with Crippen LogP contribution in [0, 0.1) is 0 Å². The number of carbonyl (C=O) groups is 2. The van der Waals surface area contributed by atoms with Gasteiger partial charge in [0.2, 0.25) is 0 Å². The van der Waals surface area contributed by atoms with E-state index in [-0.39, 0.29) is 17.6 Å². The third-order valence-corrected chi connectivity index (χ3v) is 5.90. The van der Waals surface area contributed by atoms with Crippen LogP contribution in [0.1, 0.15) is 50.4 Å². The van der Waals surface area contributed by atoms with Gasteiger partial charge in [0.05, 0.1) is 12.6 Å². The summed E-state index contributed by atoms with van der Waals surface area (Å²) in [5.41, 5.74) is 5.05. The molecule has 1 atom stereocenters. The first-order chi connectivity index (χ1) is 15.6. The van der Waals surface area contributed by atoms with Crippen molar-refractivity contribution < 1.29 is 9.59 Å². The molecule has 3 aromatic carbocycles. The van der Waals surface area contributed by atoms with Gasteiger partial charge in [-0.05, 0) is 30.0 Å². The Kier molecular flexibility index (Phi) is 6.88. The Morgan fingerprint density at radius 3 is 2.09 bits per heavy atom. The fraction of sp³-hybridized carbons (Fsp3) is 0.172. The van der Waals surface area contributed by atoms with E-state index >= 15 is 0 Å². The summed E-state index contributed by atoms with van der Waals surface area (Å²) in [7, 11) is 0. The molecule has 0 aromatic heterocycles. The molecule has 1 aliphatic heterocycles. The van der Waals surface area contributed by atoms with Gasteiger partial charge in [-0.25, -0.2) is 0 Å². The van der Waals surface area contributed by atoms with Crippen molar-refractivity contribution in [3.05, 3.63) is 131 Å². The van der Waals surface area contributed by atoms with Gasteiger partial charge in [0.1, 0.15) is 0 Å². The summed E-state index contributed by atoms with van der Waals surface area (Å²) in [6, 6.07) is 33.4. The number of hydrogen-bond donors (Lipinski definition) is 0. The Labute approximate surface area is 189 Å². The van der Waals surface area contributed by atoms with Gasteiger partial charge >= 0.3 is 0 Å². The number of carbonyl (C=O) groups excluding carboxylic acids is 2. The van der Waals surface area contributed by atoms with Crippen molar-refractivity contribution in [2.24, 2.45) is 0 Å². The molecule has 0 fully saturated rings. The van der Waals surface area contributed by atoms with E-state index in [2.05, 4.69) is 53.4 Å². The Morgan fingerprint density at radius 2 is 1.34 bits per heavy atom. The second kappa shape index (κ2) is 10.2. The van der Waals surface area contributed by atoms with Crippen LogP contribution in [0.15, 0.2) is 103 Å². The summed E-state index contributed by atoms with van der Waals surface area (Å²) < 4.78 is 0. The van der Waals surface area contributed by atoms with Gasteiger partial charge in [-0.15, -0.1) is 0 Å². The molecule has 1 heterocycles. The molecule has 0 saturated heterocycles. The first-order valence-electron chi connectivity index (χ1n) is 11.0. The van der Waals surface area contributed by atoms with Gasteiger partial charge in [0.25, 0.3) is 0 Å². The first-order valence-corrected chi connectivity index (χ1v) is 11.0. The van der Waals surface area contributed by atoms with Crippen LogP contribution in [0.3, 0.4) is 0 Å². The number of benzene rings is 2. The largest absolute Gasteiger partial charge is 0.295 e. The van der Waals surface area contributed by atoms with E-state index in [1.54, 1.807) is 31.2 Å². The lowest BCUT2D eigenvalue weighted by Crippen LogP contribution is -2.39. The van der Waals surface area contributed by atoms with Crippen molar-refractivity contribution in [3.63, 3.8) is 0 Å². The Hall–Kier alpha value is -3.56. The van der Waals surface area contributed by atoms with E-state index in [1.165, 1.54) is 16.7 Å². The van der Waals surface area contributed by atoms with Crippen LogP contribution < -0.4 is 0 Å². The molecule has 3 heteroatoms. The van der Waals surface area contributed by atoms with Crippen LogP contribution in [0.5, 0.6) is 0 Å². The van der Waals surface area contributed by atoms with E-state index in [1.807, 2.05) is 30.3 Å². The first kappa shape index (κ1) is 21.7. The maximum atomic E-state index is 13.3. The number of Topliss-reactive ketones (excluding diaryl/α,β-unsaturated/α-hetero) is 2. The average Bonchev–Trinajstić information content (AvgIpc) is 2.82. The fourth-order valence-electron chi connectivity index (χ4n) is 4.26. The molecular weight excluding hydrogens is 394 g/mol. The number of fused-ring (bicyclic) bond motifs is 1. The molecule has 3 aromatic rings. The Balaban J connectivity index is 1.66. The predicted octanol–water partition coefficient (Wildman–Crippen LogP) is 5.84. The summed E-state index contributed by atoms with van der Waals surface area (Å²) in [5.74, 6) is 0.0583. The van der Waals surface area contributed by atoms with E-state index in [0.717, 1.165) is 13.0 Å². The summed E-state index contributed by atoms with van der Waals surface area (Å²) >= 11 is 0. The Morgan fingerprint density at radius 1 is 0.750 bits per heavy atom. The predicted molar refractivity (Wildman–Crippen MR) is 128 cm³/mol. The minimum absolute atomic E-state index is 0.00517. The highest BCUT2D eigenvalue weighted by molar-refractivity contribution is 5.97. The molecule has 160 valence electrons. The second-order valence-electron chi connectivity index (χ2n) is 8.06. The highest BCUT2D eigenvalue weighted by Gasteiger charge is 2.29. The fourth-order valence-corrected chi connectivity index (χ4v) is 4.26. The number of hydrogen-bond acceptors (Lipinski definition) is 3. The topological polar surface area (TPSA) is 37.4 Å². The average molecular weight is 422 g/mol. The van der Waals surface area contributed by atoms with Gasteiger partial charge in [-0.2, -0.15) is 0 Å². The summed E-state index contributed by atoms with van der Waals surface area (Å²) in [6.45, 7) is 2.70. The third-order valence-electron chi connectivity index (χ3n) is 5.90. The molecule has 0 spiro atoms. The molecule has 0 N–H and O–H groups in total. The molecule has 3 nitrogen and oxygen atoms in total. The molecule has 1 unspecified atom stereocenters. The van der Waals surface area contributed by atoms with Crippen LogP contribution >= 0.6 is 0 Å². The molecule has 1 aliphatic rings. The highest BCUT2D eigenvalue weighted by Crippen LogP contribution is 2.34. The lowest BCUT2D eigenvalue weighted by Gasteiger charge is -2.37. The van der Waals surface area contributed by atoms with Gasteiger partial charge in [-0.1, -0.05) is 103 Å². The van der Waals surface area contributed by atoms with Crippen LogP contribution in [-0.4, -0.2) is 29.6 Å². The van der Waals surface area contributed by atoms with E-state index in [4.69, 9.17) is 0 Å². The maximum absolute atomic E-state index is 13.3. The summed E-state index contributed by atoms with van der Waals surface area (Å²) in [5, 5.41) is 0. The molecule has 32 heavy (non-hydrogen) atoms. The van der Waals surface area contributed by atoms with Gasteiger partial charge in [0.15, 0.2) is 11.6 Å². The molecule has 4 rings (SSSR count). The smallest absolute Gasteiger partial charge is 0.176 e. The van der Waals surface area contributed by atoms with Crippen molar-refractivity contribution in [1.82, 2.24) is 4.90 Å². The number of nitrogens with zero attached hydrogens (tertiary/aromatic N) is 1. The van der Waals surface area contributed by atoms with Crippen LogP contribution in [0.25, 0.3) is 0 Å². The quantitative estimate of drug-likeness (QED) is 0.486. The van der Waals surface area contributed by atoms with Gasteiger partial charge < -0.3 is 0 Å². The number of rotatable bonds is 5. The van der Waals surface area contributed by atoms with Crippen molar-refractivity contribution in [2.45, 2.75) is 19.4 Å². The van der Waals surface area contributed by atoms with E-state index < -0.39 is 0 Å². The summed E-state index contributed by atoms with van der Waals surface area (Å²) in [6.07, 6.45) is 0.928. The lowest BCUT2D eigenvalue weighted by atomic mass is 9.88. The van der Waals surface area contributed by atoms with Crippen LogP contribution in [0.4, 0.5) is 0 Å². The zero-order chi connectivity index (χ0) is 22.3. The normalized spacial score (nSPS) is 15.3. The number of ketones is 2. The van der Waals surface area contributed by atoms with Crippen molar-refractivity contribution >= 4 is 11.6 Å². The molecule has 0 aliphatic carbocycles. The molecule has 0 saturated carbocycles. The zero-order valence-electron chi connectivity index (χ0n) is 18.3. The van der Waals surface area contributed by atoms with Gasteiger partial charge in [0, 0.05) is 17.7 Å². The monoisotopic (exact) mass is 421 g/mol. The molecule has 0 radical (unpaired) electrons. The molecule has 0 bridgehead atoms. The second-order valence-corrected chi connectivity index (χ2v) is 8.06. The van der Waals surface area contributed by atoms with Crippen molar-refractivity contribution in [3.8, 4) is 0 Å². The third kappa shape index (κ3) is 5.01.